The van der Waals surface area contributed by atoms with Gasteiger partial charge in [0.2, 0.25) is 5.75 Å². The SMILES string of the molecule is CNP(=O)(NC)OCc1ccc([N+](=O)[O-])c(Oc2ccc(C(=O)N(C)C)cc2)c1. The van der Waals surface area contributed by atoms with Crippen LogP contribution in [0.25, 0.3) is 0 Å². The van der Waals surface area contributed by atoms with Crippen molar-refractivity contribution in [2.45, 2.75) is 6.61 Å². The minimum Gasteiger partial charge on any atom is -0.450 e. The molecule has 0 aromatic heterocycles. The molecule has 0 heterocycles. The summed E-state index contributed by atoms with van der Waals surface area (Å²) < 4.78 is 23.2. The lowest BCUT2D eigenvalue weighted by molar-refractivity contribution is -0.385. The van der Waals surface area contributed by atoms with Crippen LogP contribution in [0.1, 0.15) is 15.9 Å². The Morgan fingerprint density at radius 3 is 2.28 bits per heavy atom. The lowest BCUT2D eigenvalue weighted by Crippen LogP contribution is -2.21. The molecule has 1 amide bonds. The van der Waals surface area contributed by atoms with Crippen molar-refractivity contribution in [2.24, 2.45) is 0 Å². The van der Waals surface area contributed by atoms with Gasteiger partial charge < -0.3 is 14.2 Å². The second-order valence-electron chi connectivity index (χ2n) is 6.16. The average molecular weight is 422 g/mol. The molecule has 0 saturated carbocycles. The van der Waals surface area contributed by atoms with Gasteiger partial charge in [0.1, 0.15) is 5.75 Å². The third-order valence-corrected chi connectivity index (χ3v) is 5.63. The molecule has 2 aromatic carbocycles. The quantitative estimate of drug-likeness (QED) is 0.359. The number of carbonyl (C=O) groups is 1. The first-order valence-corrected chi connectivity index (χ1v) is 10.2. The lowest BCUT2D eigenvalue weighted by Gasteiger charge is -2.16. The van der Waals surface area contributed by atoms with E-state index in [2.05, 4.69) is 10.2 Å². The largest absolute Gasteiger partial charge is 0.450 e. The number of benzene rings is 2. The molecule has 0 aliphatic rings. The number of hydrogen-bond acceptors (Lipinski definition) is 6. The van der Waals surface area contributed by atoms with Crippen molar-refractivity contribution >= 4 is 19.3 Å². The second-order valence-corrected chi connectivity index (χ2v) is 8.41. The topological polar surface area (TPSA) is 123 Å². The van der Waals surface area contributed by atoms with Crippen molar-refractivity contribution in [1.29, 1.82) is 0 Å². The predicted molar refractivity (Wildman–Crippen MR) is 108 cm³/mol. The monoisotopic (exact) mass is 422 g/mol. The van der Waals surface area contributed by atoms with E-state index in [0.717, 1.165) is 0 Å². The highest BCUT2D eigenvalue weighted by Crippen LogP contribution is 2.38. The molecule has 0 aliphatic heterocycles. The van der Waals surface area contributed by atoms with E-state index in [4.69, 9.17) is 9.26 Å². The van der Waals surface area contributed by atoms with Crippen LogP contribution in [0.2, 0.25) is 0 Å². The average Bonchev–Trinajstić information content (AvgIpc) is 2.72. The first kappa shape index (κ1) is 22.5. The molecule has 0 fully saturated rings. The number of ether oxygens (including phenoxy) is 1. The maximum Gasteiger partial charge on any atom is 0.340 e. The van der Waals surface area contributed by atoms with E-state index < -0.39 is 12.6 Å². The predicted octanol–water partition coefficient (Wildman–Crippen LogP) is 3.15. The summed E-state index contributed by atoms with van der Waals surface area (Å²) >= 11 is 0. The molecule has 0 spiro atoms. The van der Waals surface area contributed by atoms with Crippen LogP contribution in [0.5, 0.6) is 11.5 Å². The molecule has 2 rings (SSSR count). The van der Waals surface area contributed by atoms with E-state index in [0.29, 0.717) is 16.9 Å². The molecular weight excluding hydrogens is 399 g/mol. The van der Waals surface area contributed by atoms with Gasteiger partial charge in [0.25, 0.3) is 5.91 Å². The van der Waals surface area contributed by atoms with Gasteiger partial charge in [0, 0.05) is 25.7 Å². The van der Waals surface area contributed by atoms with Gasteiger partial charge in [-0.25, -0.2) is 10.2 Å². The number of hydrogen-bond donors (Lipinski definition) is 2. The van der Waals surface area contributed by atoms with Crippen LogP contribution in [-0.2, 0) is 15.7 Å². The first-order valence-electron chi connectivity index (χ1n) is 8.58. The molecule has 156 valence electrons. The molecule has 0 unspecified atom stereocenters. The molecule has 2 N–H and O–H groups in total. The van der Waals surface area contributed by atoms with E-state index in [9.17, 15) is 19.5 Å². The van der Waals surface area contributed by atoms with E-state index in [1.54, 1.807) is 38.4 Å². The number of nitro groups is 1. The minimum absolute atomic E-state index is 0.00605. The van der Waals surface area contributed by atoms with Crippen molar-refractivity contribution < 1.29 is 23.5 Å². The van der Waals surface area contributed by atoms with Crippen molar-refractivity contribution in [3.05, 3.63) is 63.7 Å². The molecule has 2 aromatic rings. The molecule has 0 saturated heterocycles. The van der Waals surface area contributed by atoms with Crippen molar-refractivity contribution in [1.82, 2.24) is 15.1 Å². The van der Waals surface area contributed by atoms with Crippen LogP contribution in [0.4, 0.5) is 5.69 Å². The van der Waals surface area contributed by atoms with Gasteiger partial charge in [-0.3, -0.25) is 19.5 Å². The van der Waals surface area contributed by atoms with Crippen LogP contribution in [-0.4, -0.2) is 43.9 Å². The highest BCUT2D eigenvalue weighted by atomic mass is 31.2. The van der Waals surface area contributed by atoms with Gasteiger partial charge >= 0.3 is 13.4 Å². The van der Waals surface area contributed by atoms with Crippen LogP contribution in [0, 0.1) is 10.1 Å². The van der Waals surface area contributed by atoms with Gasteiger partial charge in [-0.2, -0.15) is 0 Å². The fourth-order valence-corrected chi connectivity index (χ4v) is 3.15. The fourth-order valence-electron chi connectivity index (χ4n) is 2.34. The molecule has 0 bridgehead atoms. The Morgan fingerprint density at radius 2 is 1.76 bits per heavy atom. The van der Waals surface area contributed by atoms with Crippen LogP contribution < -0.4 is 14.9 Å². The smallest absolute Gasteiger partial charge is 0.340 e. The van der Waals surface area contributed by atoms with Gasteiger partial charge in [-0.1, -0.05) is 0 Å². The number of nitrogens with zero attached hydrogens (tertiary/aromatic N) is 2. The Kier molecular flexibility index (Phi) is 7.46. The lowest BCUT2D eigenvalue weighted by atomic mass is 10.2. The molecular formula is C18H23N4O6P. The van der Waals surface area contributed by atoms with Crippen LogP contribution in [0.3, 0.4) is 0 Å². The number of carbonyl (C=O) groups excluding carboxylic acids is 1. The maximum absolute atomic E-state index is 12.2. The summed E-state index contributed by atoms with van der Waals surface area (Å²) in [5, 5.41) is 16.4. The van der Waals surface area contributed by atoms with E-state index in [1.807, 2.05) is 0 Å². The number of nitrogens with one attached hydrogen (secondary N) is 2. The van der Waals surface area contributed by atoms with Crippen LogP contribution in [0.15, 0.2) is 42.5 Å². The Bertz CT molecular complexity index is 924. The van der Waals surface area contributed by atoms with Crippen LogP contribution >= 0.6 is 7.67 Å². The minimum atomic E-state index is -3.19. The highest BCUT2D eigenvalue weighted by Gasteiger charge is 2.20. The normalized spacial score (nSPS) is 11.2. The van der Waals surface area contributed by atoms with Crippen molar-refractivity contribution in [3.63, 3.8) is 0 Å². The second kappa shape index (κ2) is 9.62. The zero-order valence-electron chi connectivity index (χ0n) is 16.5. The summed E-state index contributed by atoms with van der Waals surface area (Å²) in [5.41, 5.74) is 0.775. The summed E-state index contributed by atoms with van der Waals surface area (Å²) in [6.45, 7) is -0.0520. The van der Waals surface area contributed by atoms with E-state index >= 15 is 0 Å². The third kappa shape index (κ3) is 5.85. The van der Waals surface area contributed by atoms with E-state index in [-0.39, 0.29) is 24.0 Å². The number of nitro benzene ring substituents is 1. The van der Waals surface area contributed by atoms with Gasteiger partial charge in [-0.15, -0.1) is 0 Å². The fraction of sp³-hybridized carbons (Fsp3) is 0.278. The van der Waals surface area contributed by atoms with Crippen molar-refractivity contribution in [2.75, 3.05) is 28.2 Å². The summed E-state index contributed by atoms with van der Waals surface area (Å²) in [7, 11) is 3.08. The van der Waals surface area contributed by atoms with E-state index in [1.165, 1.54) is 37.2 Å². The summed E-state index contributed by atoms with van der Waals surface area (Å²) in [6, 6.07) is 10.5. The van der Waals surface area contributed by atoms with Crippen molar-refractivity contribution in [3.8, 4) is 11.5 Å². The molecule has 0 aliphatic carbocycles. The van der Waals surface area contributed by atoms with Gasteiger partial charge in [0.15, 0.2) is 0 Å². The number of rotatable bonds is 9. The Hall–Kier alpha value is -2.78. The Morgan fingerprint density at radius 1 is 1.14 bits per heavy atom. The molecule has 10 nitrogen and oxygen atoms in total. The summed E-state index contributed by atoms with van der Waals surface area (Å²) in [4.78, 5) is 24.2. The molecule has 11 heteroatoms. The molecule has 0 atom stereocenters. The summed E-state index contributed by atoms with van der Waals surface area (Å²) in [5.74, 6) is 0.171. The Labute approximate surface area is 168 Å². The Balaban J connectivity index is 2.25. The maximum atomic E-state index is 12.2. The highest BCUT2D eigenvalue weighted by molar-refractivity contribution is 7.54. The van der Waals surface area contributed by atoms with Gasteiger partial charge in [-0.05, 0) is 56.1 Å². The third-order valence-electron chi connectivity index (χ3n) is 3.96. The zero-order chi connectivity index (χ0) is 21.6. The molecule has 0 radical (unpaired) electrons. The standard InChI is InChI=1S/C18H23N4O6P/c1-19-29(26,20-2)27-12-13-5-10-16(22(24)25)17(11-13)28-15-8-6-14(7-9-15)18(23)21(3)4/h5-11H,12H2,1-4H3,(H2,19,20,26). The molecule has 29 heavy (non-hydrogen) atoms. The first-order chi connectivity index (χ1) is 13.7. The number of amides is 1. The van der Waals surface area contributed by atoms with Gasteiger partial charge in [0.05, 0.1) is 11.5 Å². The summed E-state index contributed by atoms with van der Waals surface area (Å²) in [6.07, 6.45) is 0. The zero-order valence-corrected chi connectivity index (χ0v) is 17.4.